The summed E-state index contributed by atoms with van der Waals surface area (Å²) in [5.74, 6) is 3.41. The fourth-order valence-corrected chi connectivity index (χ4v) is 2.08. The van der Waals surface area contributed by atoms with Gasteiger partial charge in [-0.1, -0.05) is 0 Å². The summed E-state index contributed by atoms with van der Waals surface area (Å²) in [6, 6.07) is 3.94. The molecule has 0 bridgehead atoms. The molecule has 0 amide bonds. The molecule has 0 saturated carbocycles. The largest absolute Gasteiger partial charge is 0.492 e. The molecule has 1 aromatic carbocycles. The average molecular weight is 297 g/mol. The molecule has 112 valence electrons. The van der Waals surface area contributed by atoms with E-state index in [1.807, 2.05) is 12.1 Å². The quantitative estimate of drug-likeness (QED) is 0.817. The average Bonchev–Trinajstić information content (AvgIpc) is 2.82. The number of nitrogens with one attached hydrogen (secondary N) is 1. The summed E-state index contributed by atoms with van der Waals surface area (Å²) in [4.78, 5) is 0. The number of thioether (sulfide) groups is 1. The third-order valence-corrected chi connectivity index (χ3v) is 3.48. The molecule has 0 saturated heterocycles. The van der Waals surface area contributed by atoms with Crippen LogP contribution in [0.25, 0.3) is 0 Å². The van der Waals surface area contributed by atoms with Crippen LogP contribution in [0.15, 0.2) is 12.1 Å². The van der Waals surface area contributed by atoms with E-state index in [4.69, 9.17) is 14.2 Å². The van der Waals surface area contributed by atoms with Gasteiger partial charge in [-0.15, -0.1) is 0 Å². The van der Waals surface area contributed by atoms with Crippen LogP contribution in [0.4, 0.5) is 0 Å². The van der Waals surface area contributed by atoms with Crippen LogP contribution < -0.4 is 19.5 Å². The molecule has 0 fully saturated rings. The van der Waals surface area contributed by atoms with E-state index >= 15 is 0 Å². The topological polar surface area (TPSA) is 39.7 Å². The molecule has 0 spiro atoms. The van der Waals surface area contributed by atoms with Gasteiger partial charge in [-0.3, -0.25) is 0 Å². The molecule has 1 N–H and O–H groups in total. The van der Waals surface area contributed by atoms with Crippen LogP contribution in [-0.4, -0.2) is 30.9 Å². The molecule has 5 heteroatoms. The van der Waals surface area contributed by atoms with Gasteiger partial charge in [-0.05, 0) is 33.1 Å². The number of hydrogen-bond acceptors (Lipinski definition) is 5. The Bertz CT molecular complexity index is 457. The van der Waals surface area contributed by atoms with Gasteiger partial charge in [-0.25, -0.2) is 0 Å². The van der Waals surface area contributed by atoms with Crippen LogP contribution in [-0.2, 0) is 6.54 Å². The normalized spacial score (nSPS) is 13.6. The summed E-state index contributed by atoms with van der Waals surface area (Å²) < 4.78 is 16.7. The van der Waals surface area contributed by atoms with Crippen LogP contribution in [0, 0.1) is 0 Å². The molecule has 0 atom stereocenters. The van der Waals surface area contributed by atoms with Gasteiger partial charge < -0.3 is 19.5 Å². The summed E-state index contributed by atoms with van der Waals surface area (Å²) in [6.45, 7) is 8.17. The molecule has 1 aliphatic rings. The zero-order chi connectivity index (χ0) is 14.6. The summed E-state index contributed by atoms with van der Waals surface area (Å²) in [6.07, 6.45) is 2.07. The maximum Gasteiger partial charge on any atom is 0.231 e. The van der Waals surface area contributed by atoms with Gasteiger partial charge in [0.1, 0.15) is 5.75 Å². The Labute approximate surface area is 125 Å². The number of hydrogen-bond donors (Lipinski definition) is 1. The lowest BCUT2D eigenvalue weighted by atomic mass is 10.1. The highest BCUT2D eigenvalue weighted by atomic mass is 32.2. The Morgan fingerprint density at radius 3 is 2.60 bits per heavy atom. The first kappa shape index (κ1) is 15.3. The number of fused-ring (bicyclic) bond motifs is 1. The molecule has 4 nitrogen and oxygen atoms in total. The predicted molar refractivity (Wildman–Crippen MR) is 83.0 cm³/mol. The van der Waals surface area contributed by atoms with E-state index in [9.17, 15) is 0 Å². The standard InChI is InChI=1S/C15H23NO3S/c1-15(2,3)16-9-11-7-13-14(19-10-18-13)8-12(11)17-5-6-20-4/h7-8,16H,5-6,9-10H2,1-4H3. The molecule has 0 aromatic heterocycles. The van der Waals surface area contributed by atoms with E-state index in [0.717, 1.165) is 35.1 Å². The molecular formula is C15H23NO3S. The first-order valence-electron chi connectivity index (χ1n) is 6.79. The maximum atomic E-state index is 5.87. The van der Waals surface area contributed by atoms with Gasteiger partial charge in [0.05, 0.1) is 6.61 Å². The minimum absolute atomic E-state index is 0.0624. The molecule has 2 rings (SSSR count). The molecule has 0 radical (unpaired) electrons. The second-order valence-corrected chi connectivity index (χ2v) is 6.74. The summed E-state index contributed by atoms with van der Waals surface area (Å²) in [7, 11) is 0. The van der Waals surface area contributed by atoms with Crippen molar-refractivity contribution in [3.63, 3.8) is 0 Å². The smallest absolute Gasteiger partial charge is 0.231 e. The fraction of sp³-hybridized carbons (Fsp3) is 0.600. The van der Waals surface area contributed by atoms with E-state index < -0.39 is 0 Å². The molecule has 0 aliphatic carbocycles. The number of rotatable bonds is 6. The lowest BCUT2D eigenvalue weighted by molar-refractivity contribution is 0.173. The third-order valence-electron chi connectivity index (χ3n) is 2.91. The van der Waals surface area contributed by atoms with Gasteiger partial charge in [0.15, 0.2) is 11.5 Å². The molecular weight excluding hydrogens is 274 g/mol. The molecule has 1 heterocycles. The monoisotopic (exact) mass is 297 g/mol. The third kappa shape index (κ3) is 4.21. The highest BCUT2D eigenvalue weighted by Crippen LogP contribution is 2.38. The Hall–Kier alpha value is -1.07. The molecule has 0 unspecified atom stereocenters. The SMILES string of the molecule is CSCCOc1cc2c(cc1CNC(C)(C)C)OCO2. The van der Waals surface area contributed by atoms with Gasteiger partial charge in [-0.2, -0.15) is 11.8 Å². The van der Waals surface area contributed by atoms with Crippen molar-refractivity contribution in [1.82, 2.24) is 5.32 Å². The van der Waals surface area contributed by atoms with Gasteiger partial charge in [0.25, 0.3) is 0 Å². The summed E-state index contributed by atoms with van der Waals surface area (Å²) >= 11 is 1.77. The molecule has 1 aromatic rings. The minimum atomic E-state index is 0.0624. The Balaban J connectivity index is 2.13. The van der Waals surface area contributed by atoms with Crippen LogP contribution in [0.1, 0.15) is 26.3 Å². The predicted octanol–water partition coefficient (Wildman–Crippen LogP) is 3.05. The van der Waals surface area contributed by atoms with Crippen LogP contribution >= 0.6 is 11.8 Å². The lowest BCUT2D eigenvalue weighted by Gasteiger charge is -2.22. The van der Waals surface area contributed by atoms with Crippen LogP contribution in [0.2, 0.25) is 0 Å². The van der Waals surface area contributed by atoms with E-state index in [1.54, 1.807) is 11.8 Å². The Kier molecular flexibility index (Phi) is 5.05. The van der Waals surface area contributed by atoms with Crippen molar-refractivity contribution in [1.29, 1.82) is 0 Å². The Morgan fingerprint density at radius 1 is 1.25 bits per heavy atom. The van der Waals surface area contributed by atoms with Crippen LogP contribution in [0.3, 0.4) is 0 Å². The second-order valence-electron chi connectivity index (χ2n) is 5.76. The first-order chi connectivity index (χ1) is 9.49. The van der Waals surface area contributed by atoms with Crippen molar-refractivity contribution in [2.45, 2.75) is 32.9 Å². The second kappa shape index (κ2) is 6.59. The van der Waals surface area contributed by atoms with E-state index in [1.165, 1.54) is 0 Å². The summed E-state index contributed by atoms with van der Waals surface area (Å²) in [5, 5.41) is 3.48. The number of benzene rings is 1. The molecule has 1 aliphatic heterocycles. The highest BCUT2D eigenvalue weighted by Gasteiger charge is 2.19. The number of ether oxygens (including phenoxy) is 3. The van der Waals surface area contributed by atoms with Crippen molar-refractivity contribution in [3.8, 4) is 17.2 Å². The van der Waals surface area contributed by atoms with Crippen molar-refractivity contribution < 1.29 is 14.2 Å². The minimum Gasteiger partial charge on any atom is -0.492 e. The van der Waals surface area contributed by atoms with Gasteiger partial charge >= 0.3 is 0 Å². The first-order valence-corrected chi connectivity index (χ1v) is 8.18. The zero-order valence-electron chi connectivity index (χ0n) is 12.6. The van der Waals surface area contributed by atoms with E-state index in [2.05, 4.69) is 32.3 Å². The fourth-order valence-electron chi connectivity index (χ4n) is 1.83. The maximum absolute atomic E-state index is 5.87. The van der Waals surface area contributed by atoms with Crippen molar-refractivity contribution in [2.75, 3.05) is 25.4 Å². The molecule has 20 heavy (non-hydrogen) atoms. The van der Waals surface area contributed by atoms with Crippen molar-refractivity contribution >= 4 is 11.8 Å². The van der Waals surface area contributed by atoms with Crippen LogP contribution in [0.5, 0.6) is 17.2 Å². The van der Waals surface area contributed by atoms with Gasteiger partial charge in [0.2, 0.25) is 6.79 Å². The highest BCUT2D eigenvalue weighted by molar-refractivity contribution is 7.98. The van der Waals surface area contributed by atoms with E-state index in [0.29, 0.717) is 6.61 Å². The van der Waals surface area contributed by atoms with Crippen molar-refractivity contribution in [3.05, 3.63) is 17.7 Å². The Morgan fingerprint density at radius 2 is 1.95 bits per heavy atom. The lowest BCUT2D eigenvalue weighted by Crippen LogP contribution is -2.35. The summed E-state index contributed by atoms with van der Waals surface area (Å²) in [5.41, 5.74) is 1.16. The van der Waals surface area contributed by atoms with E-state index in [-0.39, 0.29) is 12.3 Å². The van der Waals surface area contributed by atoms with Gasteiger partial charge in [0, 0.05) is 29.5 Å². The van der Waals surface area contributed by atoms with Crippen molar-refractivity contribution in [2.24, 2.45) is 0 Å². The zero-order valence-corrected chi connectivity index (χ0v) is 13.4.